The summed E-state index contributed by atoms with van der Waals surface area (Å²) in [6.45, 7) is 2.28. The minimum Gasteiger partial charge on any atom is -0.376 e. The summed E-state index contributed by atoms with van der Waals surface area (Å²) < 4.78 is 2.29. The van der Waals surface area contributed by atoms with Crippen LogP contribution in [-0.2, 0) is 0 Å². The minimum atomic E-state index is -0.298. The highest BCUT2D eigenvalue weighted by atomic mass is 15.0. The lowest BCUT2D eigenvalue weighted by Gasteiger charge is -2.33. The predicted octanol–water partition coefficient (Wildman–Crippen LogP) is 11.8. The molecule has 2 heterocycles. The number of fused-ring (bicyclic) bond motifs is 3. The van der Waals surface area contributed by atoms with Crippen molar-refractivity contribution in [1.29, 1.82) is 5.26 Å². The number of nitrogens with zero attached hydrogens (tertiary/aromatic N) is 2. The molecule has 0 spiro atoms. The van der Waals surface area contributed by atoms with Gasteiger partial charge in [0.05, 0.1) is 34.2 Å². The summed E-state index contributed by atoms with van der Waals surface area (Å²) in [5.41, 5.74) is 13.0. The Morgan fingerprint density at radius 2 is 1.45 bits per heavy atom. The smallest absolute Gasteiger partial charge is 0.0991 e. The Morgan fingerprint density at radius 1 is 0.736 bits per heavy atom. The maximum absolute atomic E-state index is 9.37. The average Bonchev–Trinajstić information content (AvgIpc) is 3.55. The summed E-state index contributed by atoms with van der Waals surface area (Å²) in [5, 5.41) is 19.5. The van der Waals surface area contributed by atoms with Crippen molar-refractivity contribution in [2.75, 3.05) is 5.32 Å². The van der Waals surface area contributed by atoms with Crippen molar-refractivity contribution in [3.63, 3.8) is 0 Å². The van der Waals surface area contributed by atoms with Gasteiger partial charge in [-0.05, 0) is 108 Å². The third kappa shape index (κ3) is 6.13. The van der Waals surface area contributed by atoms with E-state index in [9.17, 15) is 5.26 Å². The fourth-order valence-electron chi connectivity index (χ4n) is 7.81. The van der Waals surface area contributed by atoms with Crippen LogP contribution >= 0.6 is 0 Å². The molecule has 1 aliphatic carbocycles. The number of dihydropyridines is 1. The number of benzene rings is 6. The molecule has 53 heavy (non-hydrogen) atoms. The molecule has 0 amide bonds. The number of allylic oxidation sites excluding steroid dienone is 3. The molecule has 1 aromatic heterocycles. The van der Waals surface area contributed by atoms with Crippen LogP contribution in [0.25, 0.3) is 49.7 Å². The van der Waals surface area contributed by atoms with E-state index in [0.29, 0.717) is 5.56 Å². The average molecular weight is 683 g/mol. The number of hydrogen-bond acceptors (Lipinski definition) is 3. The SMILES string of the molecule is CC1(Nc2ccc(-c3ccc4c(c3)c3ccccc3n4-c3ccc(C#N)cc3)cc2-c2ccccc2)C=C(C2=CC=CC(c3ccccc3)N2)C=CC1. The number of para-hydroxylation sites is 1. The zero-order valence-electron chi connectivity index (χ0n) is 29.5. The minimum absolute atomic E-state index is 0.135. The maximum Gasteiger partial charge on any atom is 0.0991 e. The Kier molecular flexibility index (Phi) is 8.10. The Morgan fingerprint density at radius 3 is 2.26 bits per heavy atom. The van der Waals surface area contributed by atoms with Crippen molar-refractivity contribution in [2.45, 2.75) is 24.9 Å². The van der Waals surface area contributed by atoms with Gasteiger partial charge >= 0.3 is 0 Å². The molecule has 6 aromatic carbocycles. The van der Waals surface area contributed by atoms with Crippen molar-refractivity contribution in [3.05, 3.63) is 204 Å². The first-order valence-corrected chi connectivity index (χ1v) is 18.2. The van der Waals surface area contributed by atoms with Crippen molar-refractivity contribution in [2.24, 2.45) is 0 Å². The van der Waals surface area contributed by atoms with E-state index < -0.39 is 0 Å². The molecule has 254 valence electrons. The Labute approximate surface area is 310 Å². The van der Waals surface area contributed by atoms with Crippen molar-refractivity contribution in [3.8, 4) is 34.0 Å². The van der Waals surface area contributed by atoms with E-state index in [2.05, 4.69) is 186 Å². The lowest BCUT2D eigenvalue weighted by Crippen LogP contribution is -2.35. The largest absolute Gasteiger partial charge is 0.376 e. The lowest BCUT2D eigenvalue weighted by molar-refractivity contribution is 0.630. The number of nitriles is 1. The summed E-state index contributed by atoms with van der Waals surface area (Å²) in [6, 6.07) is 53.6. The highest BCUT2D eigenvalue weighted by Crippen LogP contribution is 2.39. The summed E-state index contributed by atoms with van der Waals surface area (Å²) in [4.78, 5) is 0. The van der Waals surface area contributed by atoms with Gasteiger partial charge in [-0.3, -0.25) is 0 Å². The molecule has 2 N–H and O–H groups in total. The fourth-order valence-corrected chi connectivity index (χ4v) is 7.81. The molecule has 2 atom stereocenters. The van der Waals surface area contributed by atoms with Gasteiger partial charge in [0.2, 0.25) is 0 Å². The molecular formula is C49H38N4. The molecule has 4 heteroatoms. The van der Waals surface area contributed by atoms with Crippen LogP contribution in [0.4, 0.5) is 5.69 Å². The first-order chi connectivity index (χ1) is 26.0. The van der Waals surface area contributed by atoms with Gasteiger partial charge in [-0.15, -0.1) is 0 Å². The second-order valence-corrected chi connectivity index (χ2v) is 14.1. The van der Waals surface area contributed by atoms with E-state index in [1.54, 1.807) is 0 Å². The van der Waals surface area contributed by atoms with Crippen LogP contribution in [0.2, 0.25) is 0 Å². The topological polar surface area (TPSA) is 52.8 Å². The molecule has 0 saturated heterocycles. The summed E-state index contributed by atoms with van der Waals surface area (Å²) in [6.07, 6.45) is 14.3. The van der Waals surface area contributed by atoms with Crippen LogP contribution in [0.15, 0.2) is 193 Å². The van der Waals surface area contributed by atoms with Crippen molar-refractivity contribution >= 4 is 27.5 Å². The molecule has 0 bridgehead atoms. The molecule has 7 aromatic rings. The van der Waals surface area contributed by atoms with E-state index >= 15 is 0 Å². The van der Waals surface area contributed by atoms with Gasteiger partial charge in [0.15, 0.2) is 0 Å². The fraction of sp³-hybridized carbons (Fsp3) is 0.0816. The van der Waals surface area contributed by atoms with Crippen molar-refractivity contribution < 1.29 is 0 Å². The molecule has 2 unspecified atom stereocenters. The molecule has 0 saturated carbocycles. The van der Waals surface area contributed by atoms with Crippen molar-refractivity contribution in [1.82, 2.24) is 9.88 Å². The highest BCUT2D eigenvalue weighted by Gasteiger charge is 2.27. The van der Waals surface area contributed by atoms with Gasteiger partial charge < -0.3 is 15.2 Å². The number of aromatic nitrogens is 1. The van der Waals surface area contributed by atoms with E-state index in [0.717, 1.165) is 51.2 Å². The third-order valence-corrected chi connectivity index (χ3v) is 10.4. The van der Waals surface area contributed by atoms with E-state index in [1.165, 1.54) is 27.5 Å². The van der Waals surface area contributed by atoms with Crippen LogP contribution in [0.5, 0.6) is 0 Å². The normalized spacial score (nSPS) is 17.9. The van der Waals surface area contributed by atoms with Gasteiger partial charge in [-0.25, -0.2) is 0 Å². The predicted molar refractivity (Wildman–Crippen MR) is 220 cm³/mol. The first-order valence-electron chi connectivity index (χ1n) is 18.2. The quantitative estimate of drug-likeness (QED) is 0.176. The molecule has 2 aliphatic rings. The second-order valence-electron chi connectivity index (χ2n) is 14.1. The van der Waals surface area contributed by atoms with Gasteiger partial charge in [-0.1, -0.05) is 115 Å². The van der Waals surface area contributed by atoms with Gasteiger partial charge in [-0.2, -0.15) is 5.26 Å². The van der Waals surface area contributed by atoms with E-state index in [-0.39, 0.29) is 11.6 Å². The van der Waals surface area contributed by atoms with Gasteiger partial charge in [0.1, 0.15) is 0 Å². The molecular weight excluding hydrogens is 645 g/mol. The van der Waals surface area contributed by atoms with E-state index in [4.69, 9.17) is 0 Å². The molecule has 1 aliphatic heterocycles. The number of hydrogen-bond donors (Lipinski definition) is 2. The maximum atomic E-state index is 9.37. The molecule has 4 nitrogen and oxygen atoms in total. The Bertz CT molecular complexity index is 2650. The first kappa shape index (κ1) is 32.1. The summed E-state index contributed by atoms with van der Waals surface area (Å²) >= 11 is 0. The summed E-state index contributed by atoms with van der Waals surface area (Å²) in [5.74, 6) is 0. The Hall–Kier alpha value is -6.83. The Balaban J connectivity index is 1.08. The van der Waals surface area contributed by atoms with Crippen LogP contribution < -0.4 is 10.6 Å². The standard InChI is InChI=1S/C49H38N4/c1-49(29-11-16-39(32-49)45-19-10-18-44(51-45)36-14-6-3-7-15-36)52-46-27-23-37(30-42(46)35-12-4-2-5-13-35)38-24-28-48-43(31-38)41-17-8-9-20-47(41)53(48)40-25-21-34(33-50)22-26-40/h2-28,30-32,44,51-52H,29H2,1H3. The van der Waals surface area contributed by atoms with E-state index in [1.807, 2.05) is 24.3 Å². The molecule has 0 radical (unpaired) electrons. The van der Waals surface area contributed by atoms with Crippen LogP contribution in [0.3, 0.4) is 0 Å². The second kappa shape index (κ2) is 13.4. The molecule has 0 fully saturated rings. The number of nitrogens with one attached hydrogen (secondary N) is 2. The molecule has 9 rings (SSSR count). The number of anilines is 1. The zero-order chi connectivity index (χ0) is 35.8. The third-order valence-electron chi connectivity index (χ3n) is 10.4. The monoisotopic (exact) mass is 682 g/mol. The van der Waals surface area contributed by atoms with Crippen LogP contribution in [0.1, 0.15) is 30.5 Å². The number of rotatable bonds is 7. The highest BCUT2D eigenvalue weighted by molar-refractivity contribution is 6.10. The summed E-state index contributed by atoms with van der Waals surface area (Å²) in [7, 11) is 0. The van der Waals surface area contributed by atoms with Crippen LogP contribution in [0, 0.1) is 11.3 Å². The lowest BCUT2D eigenvalue weighted by atomic mass is 9.87. The van der Waals surface area contributed by atoms with Gasteiger partial charge in [0, 0.05) is 33.4 Å². The van der Waals surface area contributed by atoms with Gasteiger partial charge in [0.25, 0.3) is 0 Å². The van der Waals surface area contributed by atoms with Crippen LogP contribution in [-0.4, -0.2) is 10.1 Å². The zero-order valence-corrected chi connectivity index (χ0v) is 29.5.